The van der Waals surface area contributed by atoms with Crippen LogP contribution in [0.1, 0.15) is 25.3 Å². The molecule has 5 heteroatoms. The van der Waals surface area contributed by atoms with Crippen LogP contribution in [0.15, 0.2) is 12.1 Å². The lowest BCUT2D eigenvalue weighted by atomic mass is 10.1. The van der Waals surface area contributed by atoms with Crippen molar-refractivity contribution in [2.75, 3.05) is 33.5 Å². The highest BCUT2D eigenvalue weighted by Crippen LogP contribution is 2.37. The molecular formula is C16H24ClNO3. The predicted molar refractivity (Wildman–Crippen MR) is 84.4 cm³/mol. The zero-order chi connectivity index (χ0) is 15.1. The van der Waals surface area contributed by atoms with Crippen LogP contribution in [-0.2, 0) is 11.3 Å². The van der Waals surface area contributed by atoms with E-state index in [-0.39, 0.29) is 0 Å². The minimum Gasteiger partial charge on any atom is -0.493 e. The van der Waals surface area contributed by atoms with Gasteiger partial charge in [-0.05, 0) is 37.1 Å². The molecule has 1 atom stereocenters. The van der Waals surface area contributed by atoms with Gasteiger partial charge in [0.25, 0.3) is 0 Å². The molecule has 0 aliphatic carbocycles. The van der Waals surface area contributed by atoms with E-state index in [0.29, 0.717) is 29.0 Å². The molecule has 1 aliphatic heterocycles. The van der Waals surface area contributed by atoms with Crippen molar-refractivity contribution in [2.45, 2.75) is 26.3 Å². The number of rotatable bonds is 8. The van der Waals surface area contributed by atoms with Gasteiger partial charge in [-0.15, -0.1) is 0 Å². The molecule has 0 saturated carbocycles. The van der Waals surface area contributed by atoms with Crippen molar-refractivity contribution < 1.29 is 14.2 Å². The van der Waals surface area contributed by atoms with Crippen LogP contribution in [0.5, 0.6) is 11.5 Å². The van der Waals surface area contributed by atoms with Gasteiger partial charge in [0.05, 0.1) is 25.3 Å². The molecule has 4 nitrogen and oxygen atoms in total. The SMILES string of the molecule is CCCNCc1cc(Cl)c(OCC2CCOC2)c(OC)c1. The van der Waals surface area contributed by atoms with Crippen molar-refractivity contribution in [3.8, 4) is 11.5 Å². The number of ether oxygens (including phenoxy) is 3. The van der Waals surface area contributed by atoms with E-state index in [1.807, 2.05) is 12.1 Å². The average Bonchev–Trinajstić information content (AvgIpc) is 2.99. The Hall–Kier alpha value is -0.970. The minimum absolute atomic E-state index is 0.441. The third kappa shape index (κ3) is 4.77. The molecule has 1 N–H and O–H groups in total. The summed E-state index contributed by atoms with van der Waals surface area (Å²) >= 11 is 6.35. The van der Waals surface area contributed by atoms with E-state index in [1.165, 1.54) is 0 Å². The van der Waals surface area contributed by atoms with E-state index in [9.17, 15) is 0 Å². The largest absolute Gasteiger partial charge is 0.493 e. The zero-order valence-electron chi connectivity index (χ0n) is 12.8. The van der Waals surface area contributed by atoms with Gasteiger partial charge in [-0.2, -0.15) is 0 Å². The Morgan fingerprint density at radius 2 is 2.29 bits per heavy atom. The van der Waals surface area contributed by atoms with Gasteiger partial charge in [-0.1, -0.05) is 18.5 Å². The highest BCUT2D eigenvalue weighted by molar-refractivity contribution is 6.32. The molecule has 2 rings (SSSR count). The maximum Gasteiger partial charge on any atom is 0.179 e. The lowest BCUT2D eigenvalue weighted by Gasteiger charge is -2.16. The summed E-state index contributed by atoms with van der Waals surface area (Å²) in [6.45, 7) is 6.11. The van der Waals surface area contributed by atoms with E-state index >= 15 is 0 Å². The molecule has 118 valence electrons. The molecule has 1 unspecified atom stereocenters. The Kier molecular flexibility index (Phi) is 6.61. The van der Waals surface area contributed by atoms with Crippen LogP contribution in [0.25, 0.3) is 0 Å². The topological polar surface area (TPSA) is 39.7 Å². The van der Waals surface area contributed by atoms with Crippen molar-refractivity contribution in [2.24, 2.45) is 5.92 Å². The second kappa shape index (κ2) is 8.47. The van der Waals surface area contributed by atoms with Crippen molar-refractivity contribution in [3.05, 3.63) is 22.7 Å². The second-order valence-corrected chi connectivity index (χ2v) is 5.73. The van der Waals surface area contributed by atoms with E-state index < -0.39 is 0 Å². The lowest BCUT2D eigenvalue weighted by Crippen LogP contribution is -2.14. The molecule has 1 heterocycles. The van der Waals surface area contributed by atoms with Crippen LogP contribution in [0.2, 0.25) is 5.02 Å². The summed E-state index contributed by atoms with van der Waals surface area (Å²) < 4.78 is 16.6. The normalized spacial score (nSPS) is 18.0. The van der Waals surface area contributed by atoms with Crippen LogP contribution in [0.4, 0.5) is 0 Å². The quantitative estimate of drug-likeness (QED) is 0.748. The van der Waals surface area contributed by atoms with Crippen molar-refractivity contribution >= 4 is 11.6 Å². The van der Waals surface area contributed by atoms with E-state index in [0.717, 1.165) is 44.7 Å². The monoisotopic (exact) mass is 313 g/mol. The van der Waals surface area contributed by atoms with E-state index in [1.54, 1.807) is 7.11 Å². The van der Waals surface area contributed by atoms with Crippen molar-refractivity contribution in [3.63, 3.8) is 0 Å². The molecule has 1 aromatic rings. The summed E-state index contributed by atoms with van der Waals surface area (Å²) in [6, 6.07) is 3.92. The molecule has 1 aromatic carbocycles. The molecule has 0 aromatic heterocycles. The van der Waals surface area contributed by atoms with Gasteiger partial charge >= 0.3 is 0 Å². The van der Waals surface area contributed by atoms with Gasteiger partial charge in [0.2, 0.25) is 0 Å². The highest BCUT2D eigenvalue weighted by Gasteiger charge is 2.19. The fraction of sp³-hybridized carbons (Fsp3) is 0.625. The Bertz CT molecular complexity index is 447. The highest BCUT2D eigenvalue weighted by atomic mass is 35.5. The molecule has 1 fully saturated rings. The molecule has 1 saturated heterocycles. The average molecular weight is 314 g/mol. The first kappa shape index (κ1) is 16.4. The lowest BCUT2D eigenvalue weighted by molar-refractivity contribution is 0.165. The molecule has 21 heavy (non-hydrogen) atoms. The molecule has 1 aliphatic rings. The number of halogens is 1. The fourth-order valence-corrected chi connectivity index (χ4v) is 2.63. The second-order valence-electron chi connectivity index (χ2n) is 5.33. The van der Waals surface area contributed by atoms with Crippen molar-refractivity contribution in [1.29, 1.82) is 0 Å². The number of nitrogens with one attached hydrogen (secondary N) is 1. The maximum absolute atomic E-state index is 6.35. The first-order valence-electron chi connectivity index (χ1n) is 7.52. The first-order valence-corrected chi connectivity index (χ1v) is 7.90. The Morgan fingerprint density at radius 3 is 2.95 bits per heavy atom. The van der Waals surface area contributed by atoms with Gasteiger partial charge in [0, 0.05) is 19.1 Å². The third-order valence-electron chi connectivity index (χ3n) is 3.53. The number of methoxy groups -OCH3 is 1. The van der Waals surface area contributed by atoms with E-state index in [2.05, 4.69) is 12.2 Å². The standard InChI is InChI=1S/C16H24ClNO3/c1-3-5-18-9-13-7-14(17)16(15(8-13)19-2)21-11-12-4-6-20-10-12/h7-8,12,18H,3-6,9-11H2,1-2H3. The first-order chi connectivity index (χ1) is 10.2. The number of benzene rings is 1. The molecule has 0 bridgehead atoms. The van der Waals surface area contributed by atoms with Gasteiger partial charge < -0.3 is 19.5 Å². The van der Waals surface area contributed by atoms with E-state index in [4.69, 9.17) is 25.8 Å². The van der Waals surface area contributed by atoms with Crippen LogP contribution >= 0.6 is 11.6 Å². The number of hydrogen-bond donors (Lipinski definition) is 1. The van der Waals surface area contributed by atoms with Crippen LogP contribution in [0, 0.1) is 5.92 Å². The van der Waals surface area contributed by atoms with Crippen molar-refractivity contribution in [1.82, 2.24) is 5.32 Å². The van der Waals surface area contributed by atoms with Crippen LogP contribution in [-0.4, -0.2) is 33.5 Å². The predicted octanol–water partition coefficient (Wildman–Crippen LogP) is 3.26. The van der Waals surface area contributed by atoms with Gasteiger partial charge in [0.1, 0.15) is 0 Å². The fourth-order valence-electron chi connectivity index (χ4n) is 2.34. The van der Waals surface area contributed by atoms with Crippen LogP contribution < -0.4 is 14.8 Å². The molecular weight excluding hydrogens is 290 g/mol. The summed E-state index contributed by atoms with van der Waals surface area (Å²) in [5.41, 5.74) is 1.10. The Morgan fingerprint density at radius 1 is 1.43 bits per heavy atom. The third-order valence-corrected chi connectivity index (χ3v) is 3.81. The van der Waals surface area contributed by atoms with Crippen LogP contribution in [0.3, 0.4) is 0 Å². The summed E-state index contributed by atoms with van der Waals surface area (Å²) in [5.74, 6) is 1.76. The maximum atomic E-state index is 6.35. The summed E-state index contributed by atoms with van der Waals surface area (Å²) in [4.78, 5) is 0. The summed E-state index contributed by atoms with van der Waals surface area (Å²) in [6.07, 6.45) is 2.15. The summed E-state index contributed by atoms with van der Waals surface area (Å²) in [5, 5.41) is 3.95. The summed E-state index contributed by atoms with van der Waals surface area (Å²) in [7, 11) is 1.64. The molecule has 0 amide bonds. The molecule has 0 spiro atoms. The Balaban J connectivity index is 2.01. The molecule has 0 radical (unpaired) electrons. The van der Waals surface area contributed by atoms with Gasteiger partial charge in [-0.25, -0.2) is 0 Å². The minimum atomic E-state index is 0.441. The Labute approximate surface area is 131 Å². The van der Waals surface area contributed by atoms with Gasteiger partial charge in [0.15, 0.2) is 11.5 Å². The van der Waals surface area contributed by atoms with Gasteiger partial charge in [-0.3, -0.25) is 0 Å². The zero-order valence-corrected chi connectivity index (χ0v) is 13.5. The number of hydrogen-bond acceptors (Lipinski definition) is 4. The smallest absolute Gasteiger partial charge is 0.179 e.